The summed E-state index contributed by atoms with van der Waals surface area (Å²) in [6.45, 7) is 1.85. The van der Waals surface area contributed by atoms with E-state index in [4.69, 9.17) is 8.83 Å². The maximum Gasteiger partial charge on any atom is 0.259 e. The number of amides is 1. The molecule has 3 aromatic heterocycles. The van der Waals surface area contributed by atoms with Crippen molar-refractivity contribution in [3.05, 3.63) is 96.8 Å². The van der Waals surface area contributed by atoms with Crippen LogP contribution in [-0.2, 0) is 0 Å². The second kappa shape index (κ2) is 7.79. The Kier molecular flexibility index (Phi) is 4.68. The van der Waals surface area contributed by atoms with Crippen molar-refractivity contribution in [1.82, 2.24) is 14.8 Å². The minimum absolute atomic E-state index is 0.279. The normalized spacial score (nSPS) is 10.9. The Bertz CT molecular complexity index is 1320. The number of aromatic nitrogens is 3. The predicted molar refractivity (Wildman–Crippen MR) is 116 cm³/mol. The van der Waals surface area contributed by atoms with Gasteiger partial charge in [0.15, 0.2) is 17.9 Å². The van der Waals surface area contributed by atoms with Crippen LogP contribution in [0.3, 0.4) is 0 Å². The summed E-state index contributed by atoms with van der Waals surface area (Å²) in [5.74, 6) is 1.67. The first-order valence-electron chi connectivity index (χ1n) is 9.69. The van der Waals surface area contributed by atoms with E-state index in [0.717, 1.165) is 17.0 Å². The summed E-state index contributed by atoms with van der Waals surface area (Å²) in [5, 5.41) is 7.55. The maximum atomic E-state index is 13.1. The van der Waals surface area contributed by atoms with E-state index in [2.05, 4.69) is 15.4 Å². The third kappa shape index (κ3) is 3.76. The maximum absolute atomic E-state index is 13.1. The molecule has 0 unspecified atom stereocenters. The Hall–Kier alpha value is -4.39. The summed E-state index contributed by atoms with van der Waals surface area (Å²) in [6.07, 6.45) is 4.73. The molecule has 0 radical (unpaired) electrons. The fraction of sp³-hybridized carbons (Fsp3) is 0.0417. The molecule has 0 spiro atoms. The second-order valence-corrected chi connectivity index (χ2v) is 6.98. The largest absolute Gasteiger partial charge is 0.460 e. The number of nitrogens with zero attached hydrogens (tertiary/aromatic N) is 3. The molecule has 0 bridgehead atoms. The van der Waals surface area contributed by atoms with Crippen LogP contribution >= 0.6 is 0 Å². The number of oxazole rings is 1. The van der Waals surface area contributed by atoms with Crippen LogP contribution in [0.4, 0.5) is 5.69 Å². The lowest BCUT2D eigenvalue weighted by molar-refractivity contribution is 0.102. The van der Waals surface area contributed by atoms with Crippen LogP contribution in [0.2, 0.25) is 0 Å². The van der Waals surface area contributed by atoms with Gasteiger partial charge in [-0.1, -0.05) is 18.2 Å². The van der Waals surface area contributed by atoms with Gasteiger partial charge in [0.2, 0.25) is 0 Å². The molecule has 7 heteroatoms. The molecule has 31 heavy (non-hydrogen) atoms. The van der Waals surface area contributed by atoms with Crippen molar-refractivity contribution in [1.29, 1.82) is 0 Å². The molecule has 5 aromatic rings. The summed E-state index contributed by atoms with van der Waals surface area (Å²) >= 11 is 0. The number of para-hydroxylation sites is 1. The molecule has 1 N–H and O–H groups in total. The molecule has 1 amide bonds. The number of hydrogen-bond acceptors (Lipinski definition) is 5. The van der Waals surface area contributed by atoms with Gasteiger partial charge in [-0.2, -0.15) is 5.10 Å². The first-order chi connectivity index (χ1) is 15.2. The monoisotopic (exact) mass is 410 g/mol. The van der Waals surface area contributed by atoms with Crippen molar-refractivity contribution in [3.8, 4) is 28.5 Å². The lowest BCUT2D eigenvalue weighted by Gasteiger charge is -2.05. The number of rotatable bonds is 5. The highest BCUT2D eigenvalue weighted by Gasteiger charge is 2.21. The van der Waals surface area contributed by atoms with Gasteiger partial charge in [-0.15, -0.1) is 0 Å². The van der Waals surface area contributed by atoms with Gasteiger partial charge in [-0.05, 0) is 55.5 Å². The molecule has 7 nitrogen and oxygen atoms in total. The van der Waals surface area contributed by atoms with Gasteiger partial charge in [0.25, 0.3) is 5.91 Å². The summed E-state index contributed by atoms with van der Waals surface area (Å²) in [7, 11) is 0. The van der Waals surface area contributed by atoms with Crippen LogP contribution in [0.25, 0.3) is 28.5 Å². The highest BCUT2D eigenvalue weighted by molar-refractivity contribution is 6.07. The average Bonchev–Trinajstić information content (AvgIpc) is 3.55. The highest BCUT2D eigenvalue weighted by atomic mass is 16.3. The van der Waals surface area contributed by atoms with E-state index in [1.54, 1.807) is 17.1 Å². The van der Waals surface area contributed by atoms with Crippen LogP contribution < -0.4 is 5.32 Å². The van der Waals surface area contributed by atoms with E-state index in [9.17, 15) is 4.79 Å². The molecule has 0 atom stereocenters. The zero-order valence-corrected chi connectivity index (χ0v) is 16.6. The first-order valence-corrected chi connectivity index (χ1v) is 9.69. The molecule has 0 aliphatic heterocycles. The molecule has 152 valence electrons. The first kappa shape index (κ1) is 18.6. The smallest absolute Gasteiger partial charge is 0.259 e. The van der Waals surface area contributed by atoms with Gasteiger partial charge in [-0.3, -0.25) is 4.79 Å². The molecule has 0 saturated carbocycles. The zero-order valence-electron chi connectivity index (χ0n) is 16.6. The lowest BCUT2D eigenvalue weighted by atomic mass is 10.1. The van der Waals surface area contributed by atoms with Crippen LogP contribution in [0, 0.1) is 6.92 Å². The fourth-order valence-corrected chi connectivity index (χ4v) is 3.27. The van der Waals surface area contributed by atoms with E-state index in [1.165, 1.54) is 6.39 Å². The summed E-state index contributed by atoms with van der Waals surface area (Å²) in [6, 6.07) is 20.6. The SMILES string of the molecule is Cc1ccc(-c2nn(-c3ccccc3)cc2C(=O)Nc2ccc(-c3cnco3)cc2)o1. The van der Waals surface area contributed by atoms with Crippen molar-refractivity contribution < 1.29 is 13.6 Å². The number of carbonyl (C=O) groups excluding carboxylic acids is 1. The third-order valence-corrected chi connectivity index (χ3v) is 4.81. The van der Waals surface area contributed by atoms with Crippen molar-refractivity contribution in [2.75, 3.05) is 5.32 Å². The number of benzene rings is 2. The zero-order chi connectivity index (χ0) is 21.2. The van der Waals surface area contributed by atoms with E-state index in [0.29, 0.717) is 28.5 Å². The minimum Gasteiger partial charge on any atom is -0.460 e. The number of nitrogens with one attached hydrogen (secondary N) is 1. The summed E-state index contributed by atoms with van der Waals surface area (Å²) in [4.78, 5) is 17.1. The lowest BCUT2D eigenvalue weighted by Crippen LogP contribution is -2.12. The molecular formula is C24H18N4O3. The van der Waals surface area contributed by atoms with E-state index in [1.807, 2.05) is 73.7 Å². The standard InChI is InChI=1S/C24H18N4O3/c1-16-7-12-21(31-16)23-20(14-28(27-23)19-5-3-2-4-6-19)24(29)26-18-10-8-17(9-11-18)22-13-25-15-30-22/h2-15H,1H3,(H,26,29). The number of anilines is 1. The Morgan fingerprint density at radius 2 is 1.77 bits per heavy atom. The molecule has 0 saturated heterocycles. The van der Waals surface area contributed by atoms with Gasteiger partial charge in [0.1, 0.15) is 11.5 Å². The Morgan fingerprint density at radius 3 is 2.45 bits per heavy atom. The predicted octanol–water partition coefficient (Wildman–Crippen LogP) is 5.35. The van der Waals surface area contributed by atoms with Crippen LogP contribution in [-0.4, -0.2) is 20.7 Å². The van der Waals surface area contributed by atoms with Crippen LogP contribution in [0.1, 0.15) is 16.1 Å². The highest BCUT2D eigenvalue weighted by Crippen LogP contribution is 2.27. The van der Waals surface area contributed by atoms with Gasteiger partial charge in [0.05, 0.1) is 17.4 Å². The molecule has 5 rings (SSSR count). The van der Waals surface area contributed by atoms with Crippen LogP contribution in [0.5, 0.6) is 0 Å². The second-order valence-electron chi connectivity index (χ2n) is 6.98. The average molecular weight is 410 g/mol. The van der Waals surface area contributed by atoms with Crippen molar-refractivity contribution in [2.24, 2.45) is 0 Å². The molecule has 2 aromatic carbocycles. The molecule has 0 aliphatic carbocycles. The van der Waals surface area contributed by atoms with E-state index < -0.39 is 0 Å². The van der Waals surface area contributed by atoms with Gasteiger partial charge in [-0.25, -0.2) is 9.67 Å². The summed E-state index contributed by atoms with van der Waals surface area (Å²) in [5.41, 5.74) is 3.27. The van der Waals surface area contributed by atoms with Crippen molar-refractivity contribution in [3.63, 3.8) is 0 Å². The Morgan fingerprint density at radius 1 is 0.968 bits per heavy atom. The van der Waals surface area contributed by atoms with E-state index >= 15 is 0 Å². The number of furan rings is 1. The molecule has 0 aliphatic rings. The minimum atomic E-state index is -0.279. The Labute approximate surface area is 178 Å². The number of aryl methyl sites for hydroxylation is 1. The third-order valence-electron chi connectivity index (χ3n) is 4.81. The van der Waals surface area contributed by atoms with Crippen molar-refractivity contribution >= 4 is 11.6 Å². The number of hydrogen-bond donors (Lipinski definition) is 1. The summed E-state index contributed by atoms with van der Waals surface area (Å²) < 4.78 is 12.7. The quantitative estimate of drug-likeness (QED) is 0.422. The van der Waals surface area contributed by atoms with Crippen LogP contribution in [0.15, 0.2) is 94.4 Å². The topological polar surface area (TPSA) is 86.1 Å². The van der Waals surface area contributed by atoms with Crippen molar-refractivity contribution in [2.45, 2.75) is 6.92 Å². The number of carbonyl (C=O) groups is 1. The van der Waals surface area contributed by atoms with Gasteiger partial charge in [0, 0.05) is 17.4 Å². The molecule has 3 heterocycles. The van der Waals surface area contributed by atoms with Gasteiger partial charge < -0.3 is 14.2 Å². The fourth-order valence-electron chi connectivity index (χ4n) is 3.27. The molecule has 0 fully saturated rings. The van der Waals surface area contributed by atoms with Gasteiger partial charge >= 0.3 is 0 Å². The molecular weight excluding hydrogens is 392 g/mol. The Balaban J connectivity index is 1.46. The van der Waals surface area contributed by atoms with E-state index in [-0.39, 0.29) is 5.91 Å².